The van der Waals surface area contributed by atoms with Crippen LogP contribution >= 0.6 is 0 Å². The van der Waals surface area contributed by atoms with E-state index in [0.717, 1.165) is 0 Å². The van der Waals surface area contributed by atoms with Gasteiger partial charge in [0.25, 0.3) is 0 Å². The molecule has 22 heavy (non-hydrogen) atoms. The van der Waals surface area contributed by atoms with Gasteiger partial charge < -0.3 is 5.32 Å². The zero-order valence-electron chi connectivity index (χ0n) is 12.1. The number of aromatic nitrogens is 1. The van der Waals surface area contributed by atoms with Gasteiger partial charge >= 0.3 is 0 Å². The molecule has 0 aliphatic rings. The van der Waals surface area contributed by atoms with Crippen LogP contribution in [0.2, 0.25) is 0 Å². The Morgan fingerprint density at radius 1 is 1.23 bits per heavy atom. The lowest BCUT2D eigenvalue weighted by Gasteiger charge is -2.09. The molecule has 114 valence electrons. The number of anilines is 3. The van der Waals surface area contributed by atoms with Crippen LogP contribution in [0.5, 0.6) is 0 Å². The summed E-state index contributed by atoms with van der Waals surface area (Å²) in [5, 5.41) is 12.1. The molecule has 1 aromatic heterocycles. The first kappa shape index (κ1) is 15.8. The van der Waals surface area contributed by atoms with Gasteiger partial charge in [-0.1, -0.05) is 19.1 Å². The molecule has 0 aliphatic carbocycles. The van der Waals surface area contributed by atoms with Crippen LogP contribution in [0.25, 0.3) is 0 Å². The Morgan fingerprint density at radius 3 is 2.64 bits per heavy atom. The van der Waals surface area contributed by atoms with Crippen LogP contribution in [0.4, 0.5) is 17.2 Å². The second kappa shape index (κ2) is 6.91. The van der Waals surface area contributed by atoms with E-state index in [-0.39, 0.29) is 11.6 Å². The lowest BCUT2D eigenvalue weighted by atomic mass is 10.2. The summed E-state index contributed by atoms with van der Waals surface area (Å²) in [6.45, 7) is 1.80. The van der Waals surface area contributed by atoms with Crippen molar-refractivity contribution in [2.75, 3.05) is 15.8 Å². The lowest BCUT2D eigenvalue weighted by molar-refractivity contribution is 0.599. The van der Waals surface area contributed by atoms with Gasteiger partial charge in [0, 0.05) is 0 Å². The third kappa shape index (κ3) is 4.20. The Labute approximate surface area is 129 Å². The van der Waals surface area contributed by atoms with Gasteiger partial charge in [0.2, 0.25) is 10.0 Å². The van der Waals surface area contributed by atoms with Crippen LogP contribution in [0, 0.1) is 11.3 Å². The van der Waals surface area contributed by atoms with Crippen molar-refractivity contribution in [3.63, 3.8) is 0 Å². The van der Waals surface area contributed by atoms with Gasteiger partial charge in [0.15, 0.2) is 0 Å². The average Bonchev–Trinajstić information content (AvgIpc) is 2.49. The molecule has 0 aliphatic heterocycles. The van der Waals surface area contributed by atoms with E-state index in [1.54, 1.807) is 37.3 Å². The van der Waals surface area contributed by atoms with Gasteiger partial charge in [-0.2, -0.15) is 5.26 Å². The highest BCUT2D eigenvalue weighted by Crippen LogP contribution is 2.20. The molecular formula is C15H16N4O2S. The third-order valence-electron chi connectivity index (χ3n) is 2.82. The summed E-state index contributed by atoms with van der Waals surface area (Å²) in [6.07, 6.45) is 2.05. The Morgan fingerprint density at radius 2 is 2.00 bits per heavy atom. The maximum Gasteiger partial charge on any atom is 0.233 e. The van der Waals surface area contributed by atoms with E-state index in [9.17, 15) is 8.42 Å². The minimum Gasteiger partial charge on any atom is -0.353 e. The number of nitriles is 1. The fraction of sp³-hybridized carbons (Fsp3) is 0.200. The molecule has 7 heteroatoms. The van der Waals surface area contributed by atoms with E-state index in [0.29, 0.717) is 23.4 Å². The monoisotopic (exact) mass is 316 g/mol. The first-order valence-corrected chi connectivity index (χ1v) is 8.42. The number of hydrogen-bond donors (Lipinski definition) is 2. The molecule has 0 bridgehead atoms. The van der Waals surface area contributed by atoms with Gasteiger partial charge in [-0.3, -0.25) is 4.72 Å². The molecular weight excluding hydrogens is 300 g/mol. The van der Waals surface area contributed by atoms with Crippen molar-refractivity contribution < 1.29 is 8.42 Å². The maximum absolute atomic E-state index is 11.7. The quantitative estimate of drug-likeness (QED) is 0.854. The molecule has 0 saturated carbocycles. The molecule has 2 N–H and O–H groups in total. The van der Waals surface area contributed by atoms with Crippen molar-refractivity contribution in [2.45, 2.75) is 13.3 Å². The van der Waals surface area contributed by atoms with Crippen LogP contribution in [0.15, 0.2) is 42.6 Å². The Kier molecular flexibility index (Phi) is 4.96. The zero-order chi connectivity index (χ0) is 16.0. The largest absolute Gasteiger partial charge is 0.353 e. The Hall–Kier alpha value is -2.59. The van der Waals surface area contributed by atoms with Crippen LogP contribution in [0.1, 0.15) is 18.9 Å². The van der Waals surface area contributed by atoms with E-state index in [2.05, 4.69) is 21.1 Å². The van der Waals surface area contributed by atoms with Crippen molar-refractivity contribution in [3.8, 4) is 6.07 Å². The van der Waals surface area contributed by atoms with Crippen LogP contribution in [-0.2, 0) is 10.0 Å². The highest BCUT2D eigenvalue weighted by atomic mass is 32.2. The lowest BCUT2D eigenvalue weighted by Crippen LogP contribution is -2.16. The van der Waals surface area contributed by atoms with Gasteiger partial charge in [0.05, 0.1) is 28.9 Å². The predicted octanol–water partition coefficient (Wildman–Crippen LogP) is 2.85. The van der Waals surface area contributed by atoms with Gasteiger partial charge in [-0.15, -0.1) is 0 Å². The first-order valence-electron chi connectivity index (χ1n) is 6.77. The van der Waals surface area contributed by atoms with Crippen LogP contribution in [0.3, 0.4) is 0 Å². The second-order valence-corrected chi connectivity index (χ2v) is 6.48. The van der Waals surface area contributed by atoms with Crippen molar-refractivity contribution in [3.05, 3.63) is 48.2 Å². The summed E-state index contributed by atoms with van der Waals surface area (Å²) in [4.78, 5) is 4.06. The average molecular weight is 316 g/mol. The van der Waals surface area contributed by atoms with E-state index >= 15 is 0 Å². The minimum absolute atomic E-state index is 0.0597. The number of nitrogens with zero attached hydrogens (tertiary/aromatic N) is 2. The summed E-state index contributed by atoms with van der Waals surface area (Å²) < 4.78 is 25.7. The molecule has 0 unspecified atom stereocenters. The fourth-order valence-electron chi connectivity index (χ4n) is 1.85. The van der Waals surface area contributed by atoms with Crippen LogP contribution in [-0.4, -0.2) is 19.2 Å². The fourth-order valence-corrected chi connectivity index (χ4v) is 2.93. The molecule has 0 fully saturated rings. The van der Waals surface area contributed by atoms with Gasteiger partial charge in [-0.25, -0.2) is 13.4 Å². The van der Waals surface area contributed by atoms with Gasteiger partial charge in [-0.05, 0) is 30.7 Å². The standard InChI is InChI=1S/C15H16N4O2S/c1-2-9-22(20,21)19-15-8-7-13(11-17-15)18-14-6-4-3-5-12(14)10-16/h3-8,11,18H,2,9H2,1H3,(H,17,19). The van der Waals surface area contributed by atoms with Crippen molar-refractivity contribution >= 4 is 27.2 Å². The van der Waals surface area contributed by atoms with Crippen molar-refractivity contribution in [1.82, 2.24) is 4.98 Å². The highest BCUT2D eigenvalue weighted by molar-refractivity contribution is 7.92. The number of para-hydroxylation sites is 1. The molecule has 1 aromatic carbocycles. The topological polar surface area (TPSA) is 94.9 Å². The summed E-state index contributed by atoms with van der Waals surface area (Å²) in [6, 6.07) is 12.5. The van der Waals surface area contributed by atoms with Crippen molar-refractivity contribution in [2.24, 2.45) is 0 Å². The number of sulfonamides is 1. The maximum atomic E-state index is 11.7. The molecule has 2 aromatic rings. The smallest absolute Gasteiger partial charge is 0.233 e. The minimum atomic E-state index is -3.34. The third-order valence-corrected chi connectivity index (χ3v) is 4.29. The normalized spacial score (nSPS) is 10.7. The number of hydrogen-bond acceptors (Lipinski definition) is 5. The Bertz CT molecular complexity index is 780. The van der Waals surface area contributed by atoms with E-state index in [1.165, 1.54) is 6.20 Å². The number of pyridine rings is 1. The highest BCUT2D eigenvalue weighted by Gasteiger charge is 2.09. The number of rotatable bonds is 6. The molecule has 0 spiro atoms. The number of nitrogens with one attached hydrogen (secondary N) is 2. The Balaban J connectivity index is 2.11. The molecule has 0 radical (unpaired) electrons. The number of benzene rings is 1. The van der Waals surface area contributed by atoms with E-state index in [4.69, 9.17) is 5.26 Å². The SMILES string of the molecule is CCCS(=O)(=O)Nc1ccc(Nc2ccccc2C#N)cn1. The molecule has 0 saturated heterocycles. The molecule has 1 heterocycles. The van der Waals surface area contributed by atoms with E-state index < -0.39 is 10.0 Å². The molecule has 0 amide bonds. The first-order chi connectivity index (χ1) is 10.5. The summed E-state index contributed by atoms with van der Waals surface area (Å²) in [5.41, 5.74) is 1.86. The second-order valence-electron chi connectivity index (χ2n) is 4.64. The summed E-state index contributed by atoms with van der Waals surface area (Å²) >= 11 is 0. The van der Waals surface area contributed by atoms with Crippen LogP contribution < -0.4 is 10.0 Å². The van der Waals surface area contributed by atoms with Crippen molar-refractivity contribution in [1.29, 1.82) is 5.26 Å². The predicted molar refractivity (Wildman–Crippen MR) is 86.4 cm³/mol. The molecule has 0 atom stereocenters. The summed E-state index contributed by atoms with van der Waals surface area (Å²) in [5.74, 6) is 0.331. The molecule has 6 nitrogen and oxygen atoms in total. The summed E-state index contributed by atoms with van der Waals surface area (Å²) in [7, 11) is -3.34. The molecule has 2 rings (SSSR count). The zero-order valence-corrected chi connectivity index (χ0v) is 12.9. The van der Waals surface area contributed by atoms with Gasteiger partial charge in [0.1, 0.15) is 11.9 Å². The van der Waals surface area contributed by atoms with E-state index in [1.807, 2.05) is 6.07 Å².